The van der Waals surface area contributed by atoms with E-state index in [0.29, 0.717) is 17.7 Å². The van der Waals surface area contributed by atoms with E-state index in [0.717, 1.165) is 11.1 Å². The van der Waals surface area contributed by atoms with Crippen LogP contribution in [-0.4, -0.2) is 54.9 Å². The fraction of sp³-hybridized carbons (Fsp3) is 0.379. The van der Waals surface area contributed by atoms with Gasteiger partial charge in [0.05, 0.1) is 6.61 Å². The summed E-state index contributed by atoms with van der Waals surface area (Å²) >= 11 is 0. The number of allylic oxidation sites excluding steroid dienone is 1. The Bertz CT molecular complexity index is 1130. The van der Waals surface area contributed by atoms with Crippen LogP contribution in [0, 0.1) is 0 Å². The fourth-order valence-corrected chi connectivity index (χ4v) is 4.25. The van der Waals surface area contributed by atoms with Gasteiger partial charge in [-0.3, -0.25) is 4.79 Å². The van der Waals surface area contributed by atoms with Gasteiger partial charge in [0.2, 0.25) is 0 Å². The van der Waals surface area contributed by atoms with Crippen molar-refractivity contribution in [3.05, 3.63) is 83.9 Å². The average Bonchev–Trinajstić information content (AvgIpc) is 3.38. The fourth-order valence-electron chi connectivity index (χ4n) is 4.25. The van der Waals surface area contributed by atoms with E-state index in [1.807, 2.05) is 58.0 Å². The van der Waals surface area contributed by atoms with Crippen LogP contribution in [0.25, 0.3) is 11.6 Å². The molecular weight excluding hydrogens is 460 g/mol. The standard InChI is InChI=1S/C29H32O7/c1-19(21-9-7-6-8-10-21)26(31)22-14-11-20(12-15-22)13-16-25(30)32-17-23-27(36-29(4,5)35-23)24-18-33-28(2,3)34-24/h6-16,23-24,27H,1,17-18H2,2-5H3/b16-13+/t23-,24+,27-/m1/s1. The van der Waals surface area contributed by atoms with Crippen molar-refractivity contribution in [2.24, 2.45) is 0 Å². The summed E-state index contributed by atoms with van der Waals surface area (Å²) in [6.07, 6.45) is 1.75. The van der Waals surface area contributed by atoms with Gasteiger partial charge in [0, 0.05) is 17.2 Å². The molecule has 2 heterocycles. The van der Waals surface area contributed by atoms with E-state index >= 15 is 0 Å². The van der Waals surface area contributed by atoms with Crippen LogP contribution in [0.3, 0.4) is 0 Å². The second kappa shape index (κ2) is 10.5. The predicted molar refractivity (Wildman–Crippen MR) is 135 cm³/mol. The first-order valence-electron chi connectivity index (χ1n) is 11.9. The third-order valence-electron chi connectivity index (χ3n) is 5.99. The number of esters is 1. The minimum Gasteiger partial charge on any atom is -0.460 e. The monoisotopic (exact) mass is 492 g/mol. The number of ether oxygens (including phenoxy) is 5. The lowest BCUT2D eigenvalue weighted by molar-refractivity contribution is -0.175. The van der Waals surface area contributed by atoms with Crippen LogP contribution in [0.2, 0.25) is 0 Å². The zero-order valence-corrected chi connectivity index (χ0v) is 21.1. The van der Waals surface area contributed by atoms with Gasteiger partial charge in [-0.1, -0.05) is 61.2 Å². The summed E-state index contributed by atoms with van der Waals surface area (Å²) in [5.74, 6) is -2.17. The van der Waals surface area contributed by atoms with Gasteiger partial charge in [-0.2, -0.15) is 0 Å². The van der Waals surface area contributed by atoms with Crippen LogP contribution < -0.4 is 0 Å². The summed E-state index contributed by atoms with van der Waals surface area (Å²) in [5, 5.41) is 0. The third-order valence-corrected chi connectivity index (χ3v) is 5.99. The minimum absolute atomic E-state index is 0.0204. The van der Waals surface area contributed by atoms with E-state index in [4.69, 9.17) is 23.7 Å². The molecule has 4 rings (SSSR count). The maximum Gasteiger partial charge on any atom is 0.330 e. The number of hydrogen-bond acceptors (Lipinski definition) is 7. The number of ketones is 1. The number of carbonyl (C=O) groups is 2. The van der Waals surface area contributed by atoms with Crippen molar-refractivity contribution < 1.29 is 33.3 Å². The molecule has 0 saturated carbocycles. The summed E-state index contributed by atoms with van der Waals surface area (Å²) in [4.78, 5) is 25.1. The number of benzene rings is 2. The zero-order chi connectivity index (χ0) is 25.9. The van der Waals surface area contributed by atoms with E-state index < -0.39 is 29.8 Å². The van der Waals surface area contributed by atoms with E-state index in [9.17, 15) is 9.59 Å². The number of Topliss-reactive ketones (excluding diaryl/α,β-unsaturated/α-hetero) is 1. The summed E-state index contributed by atoms with van der Waals surface area (Å²) in [6, 6.07) is 16.3. The largest absolute Gasteiger partial charge is 0.460 e. The lowest BCUT2D eigenvalue weighted by Gasteiger charge is -2.23. The molecule has 0 amide bonds. The molecule has 0 N–H and O–H groups in total. The van der Waals surface area contributed by atoms with Gasteiger partial charge in [0.25, 0.3) is 0 Å². The average molecular weight is 493 g/mol. The number of hydrogen-bond donors (Lipinski definition) is 0. The second-order valence-electron chi connectivity index (χ2n) is 9.76. The molecule has 0 spiro atoms. The maximum atomic E-state index is 12.7. The van der Waals surface area contributed by atoms with Crippen LogP contribution >= 0.6 is 0 Å². The van der Waals surface area contributed by atoms with Crippen molar-refractivity contribution in [2.45, 2.75) is 57.6 Å². The topological polar surface area (TPSA) is 80.3 Å². The predicted octanol–water partition coefficient (Wildman–Crippen LogP) is 4.81. The van der Waals surface area contributed by atoms with Gasteiger partial charge >= 0.3 is 5.97 Å². The Hall–Kier alpha value is -3.10. The van der Waals surface area contributed by atoms with Gasteiger partial charge in [0.15, 0.2) is 17.4 Å². The van der Waals surface area contributed by atoms with Crippen molar-refractivity contribution >= 4 is 23.4 Å². The molecule has 7 nitrogen and oxygen atoms in total. The van der Waals surface area contributed by atoms with Crippen LogP contribution in [-0.2, 0) is 28.5 Å². The van der Waals surface area contributed by atoms with Crippen molar-refractivity contribution in [3.63, 3.8) is 0 Å². The molecule has 0 radical (unpaired) electrons. The molecule has 2 aromatic rings. The number of rotatable bonds is 8. The van der Waals surface area contributed by atoms with Crippen molar-refractivity contribution in [3.8, 4) is 0 Å². The molecule has 36 heavy (non-hydrogen) atoms. The second-order valence-corrected chi connectivity index (χ2v) is 9.76. The molecule has 3 atom stereocenters. The Balaban J connectivity index is 1.31. The molecule has 7 heteroatoms. The third kappa shape index (κ3) is 6.36. The summed E-state index contributed by atoms with van der Waals surface area (Å²) < 4.78 is 29.0. The zero-order valence-electron chi connectivity index (χ0n) is 21.1. The molecule has 2 aromatic carbocycles. The highest BCUT2D eigenvalue weighted by Gasteiger charge is 2.50. The van der Waals surface area contributed by atoms with Gasteiger partial charge in [0.1, 0.15) is 24.9 Å². The Morgan fingerprint density at radius 1 is 0.944 bits per heavy atom. The molecule has 2 saturated heterocycles. The van der Waals surface area contributed by atoms with Gasteiger partial charge < -0.3 is 23.7 Å². The Morgan fingerprint density at radius 3 is 2.28 bits per heavy atom. The molecule has 0 bridgehead atoms. The Kier molecular flexibility index (Phi) is 7.57. The molecule has 2 fully saturated rings. The van der Waals surface area contributed by atoms with Gasteiger partial charge in [-0.05, 0) is 44.9 Å². The summed E-state index contributed by atoms with van der Waals surface area (Å²) in [6.45, 7) is 11.6. The molecule has 2 aliphatic rings. The van der Waals surface area contributed by atoms with Crippen LogP contribution in [0.4, 0.5) is 0 Å². The van der Waals surface area contributed by atoms with E-state index in [1.54, 1.807) is 30.3 Å². The first kappa shape index (κ1) is 26.0. The molecule has 2 aliphatic heterocycles. The maximum absolute atomic E-state index is 12.7. The van der Waals surface area contributed by atoms with Crippen LogP contribution in [0.15, 0.2) is 67.3 Å². The first-order chi connectivity index (χ1) is 17.0. The van der Waals surface area contributed by atoms with Crippen molar-refractivity contribution in [2.75, 3.05) is 13.2 Å². The SMILES string of the molecule is C=C(C(=O)c1ccc(/C=C/C(=O)OC[C@H]2OC(C)(C)O[C@H]2[C@@H]2COC(C)(C)O2)cc1)c1ccccc1. The molecule has 190 valence electrons. The lowest BCUT2D eigenvalue weighted by Crippen LogP contribution is -2.40. The minimum atomic E-state index is -0.821. The molecule has 0 aromatic heterocycles. The summed E-state index contributed by atoms with van der Waals surface area (Å²) in [7, 11) is 0. The van der Waals surface area contributed by atoms with E-state index in [-0.39, 0.29) is 18.5 Å². The molecule has 0 unspecified atom stereocenters. The Labute approximate surface area is 211 Å². The van der Waals surface area contributed by atoms with Gasteiger partial charge in [-0.25, -0.2) is 4.79 Å². The lowest BCUT2D eigenvalue weighted by atomic mass is 9.97. The highest BCUT2D eigenvalue weighted by atomic mass is 16.8. The summed E-state index contributed by atoms with van der Waals surface area (Å²) in [5.41, 5.74) is 2.50. The normalized spacial score (nSPS) is 24.6. The van der Waals surface area contributed by atoms with Crippen LogP contribution in [0.1, 0.15) is 49.2 Å². The van der Waals surface area contributed by atoms with Gasteiger partial charge in [-0.15, -0.1) is 0 Å². The highest BCUT2D eigenvalue weighted by Crippen LogP contribution is 2.35. The quantitative estimate of drug-likeness (QED) is 0.297. The van der Waals surface area contributed by atoms with Crippen LogP contribution in [0.5, 0.6) is 0 Å². The number of carbonyl (C=O) groups excluding carboxylic acids is 2. The van der Waals surface area contributed by atoms with Crippen molar-refractivity contribution in [1.82, 2.24) is 0 Å². The highest BCUT2D eigenvalue weighted by molar-refractivity contribution is 6.28. The first-order valence-corrected chi connectivity index (χ1v) is 11.9. The van der Waals surface area contributed by atoms with E-state index in [1.165, 1.54) is 6.08 Å². The Morgan fingerprint density at radius 2 is 1.64 bits per heavy atom. The molecule has 0 aliphatic carbocycles. The smallest absolute Gasteiger partial charge is 0.330 e. The van der Waals surface area contributed by atoms with Crippen molar-refractivity contribution in [1.29, 1.82) is 0 Å². The molecular formula is C29H32O7. The van der Waals surface area contributed by atoms with E-state index in [2.05, 4.69) is 6.58 Å².